The molecule has 0 radical (unpaired) electrons. The first kappa shape index (κ1) is 15.1. The fraction of sp³-hybridized carbons (Fsp3) is 0.667. The molecule has 4 rings (SSSR count). The first-order valence-electron chi connectivity index (χ1n) is 9.13. The maximum atomic E-state index is 12.4. The van der Waals surface area contributed by atoms with Crippen molar-refractivity contribution in [2.45, 2.75) is 51.9 Å². The molecular weight excluding hydrogens is 284 g/mol. The summed E-state index contributed by atoms with van der Waals surface area (Å²) < 4.78 is 0. The number of allylic oxidation sites excluding steroid dienone is 3. The summed E-state index contributed by atoms with van der Waals surface area (Å²) in [5.41, 5.74) is 2.92. The van der Waals surface area contributed by atoms with E-state index >= 15 is 0 Å². The van der Waals surface area contributed by atoms with Crippen LogP contribution in [0.5, 0.6) is 0 Å². The number of carbonyl (C=O) groups is 2. The molecular formula is C21H26O2. The molecule has 4 aliphatic carbocycles. The highest BCUT2D eigenvalue weighted by atomic mass is 16.1. The van der Waals surface area contributed by atoms with E-state index in [9.17, 15) is 9.59 Å². The molecule has 6 atom stereocenters. The van der Waals surface area contributed by atoms with Gasteiger partial charge >= 0.3 is 0 Å². The van der Waals surface area contributed by atoms with E-state index in [1.165, 1.54) is 6.42 Å². The molecule has 0 aliphatic heterocycles. The standard InChI is InChI=1S/C21H26O2/c1-3-10-21-12-8-15(22)13-14(21)4-5-16-17-6-7-19(23)20(17,2)11-9-18(16)21/h8,10,12,14,16-18H,1,4-7,9,11,13H2,2H3/t14-,16?,17?,18?,20?,21?/m0/s1. The van der Waals surface area contributed by atoms with Gasteiger partial charge in [-0.05, 0) is 67.9 Å². The molecule has 3 saturated carbocycles. The second-order valence-corrected chi connectivity index (χ2v) is 8.42. The third kappa shape index (κ3) is 1.94. The minimum atomic E-state index is -0.0821. The van der Waals surface area contributed by atoms with Crippen molar-refractivity contribution >= 4 is 11.6 Å². The summed E-state index contributed by atoms with van der Waals surface area (Å²) in [6, 6.07) is 0. The largest absolute Gasteiger partial charge is 0.299 e. The number of ketones is 2. The van der Waals surface area contributed by atoms with E-state index in [1.54, 1.807) is 6.08 Å². The van der Waals surface area contributed by atoms with Crippen molar-refractivity contribution in [3.8, 4) is 0 Å². The van der Waals surface area contributed by atoms with Crippen LogP contribution < -0.4 is 0 Å². The normalized spacial score (nSPS) is 48.2. The van der Waals surface area contributed by atoms with Crippen molar-refractivity contribution in [2.24, 2.45) is 34.5 Å². The van der Waals surface area contributed by atoms with E-state index < -0.39 is 0 Å². The number of rotatable bonds is 1. The second-order valence-electron chi connectivity index (χ2n) is 8.42. The van der Waals surface area contributed by atoms with E-state index in [0.29, 0.717) is 35.9 Å². The van der Waals surface area contributed by atoms with Crippen molar-refractivity contribution in [3.05, 3.63) is 30.5 Å². The van der Waals surface area contributed by atoms with E-state index in [1.807, 2.05) is 0 Å². The zero-order chi connectivity index (χ0) is 16.2. The molecule has 0 N–H and O–H groups in total. The van der Waals surface area contributed by atoms with Gasteiger partial charge in [0.1, 0.15) is 5.78 Å². The summed E-state index contributed by atoms with van der Waals surface area (Å²) in [4.78, 5) is 24.4. The summed E-state index contributed by atoms with van der Waals surface area (Å²) >= 11 is 0. The highest BCUT2D eigenvalue weighted by molar-refractivity contribution is 5.91. The smallest absolute Gasteiger partial charge is 0.155 e. The van der Waals surface area contributed by atoms with Crippen LogP contribution >= 0.6 is 0 Å². The molecule has 2 nitrogen and oxygen atoms in total. The molecule has 122 valence electrons. The lowest BCUT2D eigenvalue weighted by atomic mass is 9.46. The van der Waals surface area contributed by atoms with Crippen molar-refractivity contribution in [3.63, 3.8) is 0 Å². The lowest BCUT2D eigenvalue weighted by Gasteiger charge is -2.57. The van der Waals surface area contributed by atoms with Crippen LogP contribution in [0.3, 0.4) is 0 Å². The third-order valence-corrected chi connectivity index (χ3v) is 7.70. The Morgan fingerprint density at radius 3 is 2.83 bits per heavy atom. The number of Topliss-reactive ketones (excluding diaryl/α,β-unsaturated/α-hetero) is 1. The fourth-order valence-electron chi connectivity index (χ4n) is 6.56. The molecule has 3 fully saturated rings. The molecule has 0 amide bonds. The van der Waals surface area contributed by atoms with Gasteiger partial charge in [0, 0.05) is 23.7 Å². The van der Waals surface area contributed by atoms with Crippen molar-refractivity contribution in [1.29, 1.82) is 0 Å². The first-order valence-corrected chi connectivity index (χ1v) is 9.13. The van der Waals surface area contributed by atoms with Crippen LogP contribution in [0.25, 0.3) is 0 Å². The summed E-state index contributed by atoms with van der Waals surface area (Å²) in [5, 5.41) is 0. The maximum absolute atomic E-state index is 12.4. The Morgan fingerprint density at radius 2 is 2.04 bits per heavy atom. The van der Waals surface area contributed by atoms with Gasteiger partial charge in [0.2, 0.25) is 0 Å². The fourth-order valence-corrected chi connectivity index (χ4v) is 6.56. The quantitative estimate of drug-likeness (QED) is 0.678. The minimum absolute atomic E-state index is 0.0501. The molecule has 0 bridgehead atoms. The SMILES string of the molecule is C=C=CC12C=CC(=O)C[C@@H]1CCC1C3CCC(=O)C3(C)CCC12. The van der Waals surface area contributed by atoms with Crippen molar-refractivity contribution < 1.29 is 9.59 Å². The molecule has 0 aromatic heterocycles. The zero-order valence-electron chi connectivity index (χ0n) is 14.0. The second kappa shape index (κ2) is 5.05. The van der Waals surface area contributed by atoms with Crippen LogP contribution in [0, 0.1) is 34.5 Å². The summed E-state index contributed by atoms with van der Waals surface area (Å²) in [5.74, 6) is 2.85. The average Bonchev–Trinajstić information content (AvgIpc) is 2.84. The van der Waals surface area contributed by atoms with Crippen LogP contribution in [-0.4, -0.2) is 11.6 Å². The number of fused-ring (bicyclic) bond motifs is 5. The summed E-state index contributed by atoms with van der Waals surface area (Å²) in [6.45, 7) is 6.05. The highest BCUT2D eigenvalue weighted by Gasteiger charge is 2.60. The van der Waals surface area contributed by atoms with Gasteiger partial charge in [-0.1, -0.05) is 19.6 Å². The Labute approximate surface area is 138 Å². The molecule has 0 heterocycles. The Morgan fingerprint density at radius 1 is 1.22 bits per heavy atom. The van der Waals surface area contributed by atoms with Gasteiger partial charge in [-0.25, -0.2) is 0 Å². The number of hydrogen-bond donors (Lipinski definition) is 0. The monoisotopic (exact) mass is 310 g/mol. The molecule has 0 spiro atoms. The third-order valence-electron chi connectivity index (χ3n) is 7.70. The maximum Gasteiger partial charge on any atom is 0.155 e. The molecule has 2 heteroatoms. The molecule has 23 heavy (non-hydrogen) atoms. The molecule has 0 saturated heterocycles. The number of hydrogen-bond acceptors (Lipinski definition) is 2. The van der Waals surface area contributed by atoms with E-state index in [2.05, 4.69) is 31.4 Å². The van der Waals surface area contributed by atoms with Gasteiger partial charge in [0.15, 0.2) is 5.78 Å². The van der Waals surface area contributed by atoms with E-state index in [-0.39, 0.29) is 16.6 Å². The van der Waals surface area contributed by atoms with Gasteiger partial charge in [0.05, 0.1) is 0 Å². The first-order chi connectivity index (χ1) is 11.0. The van der Waals surface area contributed by atoms with E-state index in [0.717, 1.165) is 32.1 Å². The molecule has 5 unspecified atom stereocenters. The summed E-state index contributed by atoms with van der Waals surface area (Å²) in [7, 11) is 0. The van der Waals surface area contributed by atoms with Crippen LogP contribution in [0.2, 0.25) is 0 Å². The summed E-state index contributed by atoms with van der Waals surface area (Å²) in [6.07, 6.45) is 13.0. The van der Waals surface area contributed by atoms with Crippen LogP contribution in [0.15, 0.2) is 30.5 Å². The topological polar surface area (TPSA) is 34.1 Å². The number of carbonyl (C=O) groups excluding carboxylic acids is 2. The minimum Gasteiger partial charge on any atom is -0.299 e. The lowest BCUT2D eigenvalue weighted by molar-refractivity contribution is -0.134. The van der Waals surface area contributed by atoms with Crippen LogP contribution in [-0.2, 0) is 9.59 Å². The average molecular weight is 310 g/mol. The van der Waals surface area contributed by atoms with Gasteiger partial charge in [-0.15, -0.1) is 5.73 Å². The van der Waals surface area contributed by atoms with Crippen LogP contribution in [0.4, 0.5) is 0 Å². The van der Waals surface area contributed by atoms with Gasteiger partial charge in [-0.2, -0.15) is 0 Å². The molecule has 4 aliphatic rings. The van der Waals surface area contributed by atoms with Crippen molar-refractivity contribution in [1.82, 2.24) is 0 Å². The zero-order valence-corrected chi connectivity index (χ0v) is 14.0. The predicted molar refractivity (Wildman–Crippen MR) is 89.7 cm³/mol. The van der Waals surface area contributed by atoms with Gasteiger partial charge in [-0.3, -0.25) is 9.59 Å². The Kier molecular flexibility index (Phi) is 3.32. The van der Waals surface area contributed by atoms with Gasteiger partial charge < -0.3 is 0 Å². The lowest BCUT2D eigenvalue weighted by Crippen LogP contribution is -2.52. The predicted octanol–water partition coefficient (Wildman–Crippen LogP) is 4.26. The van der Waals surface area contributed by atoms with Crippen molar-refractivity contribution in [2.75, 3.05) is 0 Å². The molecule has 0 aromatic carbocycles. The van der Waals surface area contributed by atoms with Gasteiger partial charge in [0.25, 0.3) is 0 Å². The Bertz CT molecular complexity index is 638. The Hall–Kier alpha value is -1.40. The van der Waals surface area contributed by atoms with E-state index in [4.69, 9.17) is 0 Å². The molecule has 0 aromatic rings. The van der Waals surface area contributed by atoms with Crippen LogP contribution in [0.1, 0.15) is 51.9 Å². The Balaban J connectivity index is 1.76. The highest BCUT2D eigenvalue weighted by Crippen LogP contribution is 2.64.